The maximum atomic E-state index is 12.9. The van der Waals surface area contributed by atoms with Crippen LogP contribution in [0.4, 0.5) is 0 Å². The van der Waals surface area contributed by atoms with E-state index in [9.17, 15) is 14.9 Å². The summed E-state index contributed by atoms with van der Waals surface area (Å²) in [5.74, 6) is -0.0280. The second-order valence-electron chi connectivity index (χ2n) is 5.56. The number of aromatic nitrogens is 1. The molecule has 0 bridgehead atoms. The van der Waals surface area contributed by atoms with Gasteiger partial charge in [0.2, 0.25) is 0 Å². The molecule has 3 heterocycles. The summed E-state index contributed by atoms with van der Waals surface area (Å²) in [6, 6.07) is 9.32. The predicted molar refractivity (Wildman–Crippen MR) is 102 cm³/mol. The Morgan fingerprint density at radius 2 is 2.20 bits per heavy atom. The Morgan fingerprint density at radius 1 is 1.36 bits per heavy atom. The van der Waals surface area contributed by atoms with E-state index in [-0.39, 0.29) is 16.9 Å². The van der Waals surface area contributed by atoms with Crippen molar-refractivity contribution in [2.75, 3.05) is 6.26 Å². The van der Waals surface area contributed by atoms with Crippen molar-refractivity contribution in [3.63, 3.8) is 0 Å². The maximum absolute atomic E-state index is 12.9. The lowest BCUT2D eigenvalue weighted by Crippen LogP contribution is -2.21. The Kier molecular flexibility index (Phi) is 5.37. The number of ketones is 1. The quantitative estimate of drug-likeness (QED) is 0.484. The van der Waals surface area contributed by atoms with E-state index in [1.54, 1.807) is 42.0 Å². The van der Waals surface area contributed by atoms with Crippen LogP contribution in [0.15, 0.2) is 50.9 Å². The summed E-state index contributed by atoms with van der Waals surface area (Å²) in [6.45, 7) is 0. The molecule has 3 aromatic heterocycles. The Labute approximate surface area is 153 Å². The van der Waals surface area contributed by atoms with Gasteiger partial charge in [0, 0.05) is 17.5 Å². The van der Waals surface area contributed by atoms with E-state index in [0.29, 0.717) is 22.4 Å². The Balaban J connectivity index is 2.02. The van der Waals surface area contributed by atoms with E-state index in [0.717, 1.165) is 12.8 Å². The van der Waals surface area contributed by atoms with Crippen molar-refractivity contribution in [1.82, 2.24) is 4.40 Å². The molecule has 25 heavy (non-hydrogen) atoms. The number of hydrogen-bond acceptors (Lipinski definition) is 5. The molecule has 3 aromatic rings. The van der Waals surface area contributed by atoms with Crippen molar-refractivity contribution >= 4 is 34.4 Å². The van der Waals surface area contributed by atoms with Gasteiger partial charge in [-0.15, -0.1) is 11.8 Å². The van der Waals surface area contributed by atoms with E-state index in [2.05, 4.69) is 11.4 Å². The summed E-state index contributed by atoms with van der Waals surface area (Å²) in [6.07, 6.45) is 5.36. The molecule has 6 heteroatoms. The highest BCUT2D eigenvalue weighted by Gasteiger charge is 2.21. The minimum absolute atomic E-state index is 0.0280. The fraction of sp³-hybridized carbons (Fsp3) is 0.211. The van der Waals surface area contributed by atoms with E-state index in [4.69, 9.17) is 0 Å². The number of nitrogens with zero attached hydrogens (tertiary/aromatic N) is 2. The SMILES string of the molecule is CSc1c(C#N)c(=O)n2ccccc2c1C(=O)CCCc1ccsc1. The molecule has 0 fully saturated rings. The molecule has 0 saturated heterocycles. The first-order valence-corrected chi connectivity index (χ1v) is 10.00. The number of Topliss-reactive ketones (excluding diaryl/α,β-unsaturated/α-hetero) is 1. The van der Waals surface area contributed by atoms with Crippen LogP contribution >= 0.6 is 23.1 Å². The topological polar surface area (TPSA) is 62.3 Å². The summed E-state index contributed by atoms with van der Waals surface area (Å²) in [5.41, 5.74) is 1.94. The van der Waals surface area contributed by atoms with Crippen molar-refractivity contribution in [2.24, 2.45) is 0 Å². The summed E-state index contributed by atoms with van der Waals surface area (Å²) in [5, 5.41) is 13.5. The van der Waals surface area contributed by atoms with Gasteiger partial charge >= 0.3 is 0 Å². The molecule has 0 radical (unpaired) electrons. The first-order chi connectivity index (χ1) is 12.2. The van der Waals surface area contributed by atoms with Gasteiger partial charge in [-0.1, -0.05) is 6.07 Å². The summed E-state index contributed by atoms with van der Waals surface area (Å²) >= 11 is 2.93. The van der Waals surface area contributed by atoms with Gasteiger partial charge in [-0.2, -0.15) is 16.6 Å². The van der Waals surface area contributed by atoms with E-state index >= 15 is 0 Å². The minimum atomic E-state index is -0.378. The van der Waals surface area contributed by atoms with E-state index < -0.39 is 0 Å². The van der Waals surface area contributed by atoms with Crippen molar-refractivity contribution in [3.8, 4) is 6.07 Å². The monoisotopic (exact) mass is 368 g/mol. The number of aryl methyl sites for hydroxylation is 1. The van der Waals surface area contributed by atoms with Crippen LogP contribution in [0, 0.1) is 11.3 Å². The number of hydrogen-bond donors (Lipinski definition) is 0. The fourth-order valence-electron chi connectivity index (χ4n) is 2.87. The van der Waals surface area contributed by atoms with Crippen LogP contribution in [0.5, 0.6) is 0 Å². The van der Waals surface area contributed by atoms with Crippen LogP contribution in [0.1, 0.15) is 34.3 Å². The third-order valence-corrected chi connectivity index (χ3v) is 5.60. The molecule has 3 rings (SSSR count). The largest absolute Gasteiger partial charge is 0.294 e. The molecule has 0 saturated carbocycles. The molecule has 126 valence electrons. The standard InChI is InChI=1S/C19H16N2O2S2/c1-24-18-14(11-20)19(23)21-9-3-2-6-15(21)17(18)16(22)7-4-5-13-8-10-25-12-13/h2-3,6,8-10,12H,4-5,7H2,1H3. The Bertz CT molecular complexity index is 1010. The molecule has 0 unspecified atom stereocenters. The molecule has 4 nitrogen and oxygen atoms in total. The summed E-state index contributed by atoms with van der Waals surface area (Å²) in [7, 11) is 0. The van der Waals surface area contributed by atoms with Crippen LogP contribution in [0.2, 0.25) is 0 Å². The zero-order valence-corrected chi connectivity index (χ0v) is 15.3. The van der Waals surface area contributed by atoms with Crippen molar-refractivity contribution in [3.05, 3.63) is 68.3 Å². The van der Waals surface area contributed by atoms with Crippen LogP contribution in [-0.4, -0.2) is 16.4 Å². The van der Waals surface area contributed by atoms with Crippen LogP contribution in [0.25, 0.3) is 5.52 Å². The third-order valence-electron chi connectivity index (χ3n) is 4.05. The van der Waals surface area contributed by atoms with E-state index in [1.807, 2.05) is 11.4 Å². The second kappa shape index (κ2) is 7.68. The second-order valence-corrected chi connectivity index (χ2v) is 7.16. The van der Waals surface area contributed by atoms with Crippen LogP contribution in [0.3, 0.4) is 0 Å². The zero-order valence-electron chi connectivity index (χ0n) is 13.7. The van der Waals surface area contributed by atoms with E-state index in [1.165, 1.54) is 21.7 Å². The van der Waals surface area contributed by atoms with Crippen LogP contribution < -0.4 is 5.56 Å². The third kappa shape index (κ3) is 3.39. The summed E-state index contributed by atoms with van der Waals surface area (Å²) in [4.78, 5) is 25.9. The molecule has 0 aliphatic carbocycles. The minimum Gasteiger partial charge on any atom is -0.294 e. The molecule has 0 atom stereocenters. The van der Waals surface area contributed by atoms with Gasteiger partial charge in [-0.3, -0.25) is 14.0 Å². The number of thiophene rings is 1. The number of pyridine rings is 2. The molecule has 0 N–H and O–H groups in total. The average molecular weight is 368 g/mol. The van der Waals surface area contributed by atoms with Crippen molar-refractivity contribution in [2.45, 2.75) is 24.2 Å². The number of thioether (sulfide) groups is 1. The number of carbonyl (C=O) groups excluding carboxylic acids is 1. The van der Waals surface area contributed by atoms with Gasteiger partial charge in [-0.05, 0) is 53.6 Å². The van der Waals surface area contributed by atoms with Gasteiger partial charge in [0.25, 0.3) is 5.56 Å². The number of carbonyl (C=O) groups is 1. The predicted octanol–water partition coefficient (Wildman–Crippen LogP) is 4.16. The lowest BCUT2D eigenvalue weighted by Gasteiger charge is -2.13. The molecule has 0 amide bonds. The fourth-order valence-corrected chi connectivity index (χ4v) is 4.33. The Hall–Kier alpha value is -2.36. The molecule has 0 aliphatic heterocycles. The van der Waals surface area contributed by atoms with Gasteiger partial charge in [0.15, 0.2) is 5.78 Å². The normalized spacial score (nSPS) is 10.7. The van der Waals surface area contributed by atoms with Crippen molar-refractivity contribution < 1.29 is 4.79 Å². The number of rotatable bonds is 6. The maximum Gasteiger partial charge on any atom is 0.274 e. The molecule has 0 aromatic carbocycles. The Morgan fingerprint density at radius 3 is 2.88 bits per heavy atom. The lowest BCUT2D eigenvalue weighted by molar-refractivity contribution is 0.0978. The van der Waals surface area contributed by atoms with Crippen molar-refractivity contribution in [1.29, 1.82) is 5.26 Å². The van der Waals surface area contributed by atoms with Gasteiger partial charge in [0.05, 0.1) is 11.1 Å². The first-order valence-electron chi connectivity index (χ1n) is 7.83. The van der Waals surface area contributed by atoms with Gasteiger partial charge < -0.3 is 0 Å². The van der Waals surface area contributed by atoms with Crippen LogP contribution in [-0.2, 0) is 6.42 Å². The smallest absolute Gasteiger partial charge is 0.274 e. The molecule has 0 aliphatic rings. The average Bonchev–Trinajstić information content (AvgIpc) is 3.14. The zero-order chi connectivity index (χ0) is 17.8. The highest BCUT2D eigenvalue weighted by molar-refractivity contribution is 7.98. The lowest BCUT2D eigenvalue weighted by atomic mass is 10.0. The highest BCUT2D eigenvalue weighted by Crippen LogP contribution is 2.28. The number of nitriles is 1. The first kappa shape index (κ1) is 17.5. The molecular weight excluding hydrogens is 352 g/mol. The highest BCUT2D eigenvalue weighted by atomic mass is 32.2. The summed E-state index contributed by atoms with van der Waals surface area (Å²) < 4.78 is 1.39. The molecule has 0 spiro atoms. The van der Waals surface area contributed by atoms with Gasteiger partial charge in [-0.25, -0.2) is 0 Å². The molecular formula is C19H16N2O2S2. The van der Waals surface area contributed by atoms with Gasteiger partial charge in [0.1, 0.15) is 11.6 Å². The number of fused-ring (bicyclic) bond motifs is 1.